The fourth-order valence-corrected chi connectivity index (χ4v) is 4.07. The van der Waals surface area contributed by atoms with Gasteiger partial charge >= 0.3 is 0 Å². The molecule has 0 aliphatic carbocycles. The molecule has 8 nitrogen and oxygen atoms in total. The fourth-order valence-electron chi connectivity index (χ4n) is 2.58. The number of hydrogen-bond donors (Lipinski definition) is 1. The van der Waals surface area contributed by atoms with Crippen molar-refractivity contribution in [3.8, 4) is 0 Å². The zero-order valence-corrected chi connectivity index (χ0v) is 14.7. The van der Waals surface area contributed by atoms with Crippen LogP contribution in [-0.2, 0) is 22.0 Å². The Hall–Kier alpha value is -2.00. The van der Waals surface area contributed by atoms with Gasteiger partial charge in [0.25, 0.3) is 15.6 Å². The first kappa shape index (κ1) is 16.8. The van der Waals surface area contributed by atoms with Crippen LogP contribution in [0.25, 0.3) is 0 Å². The molecule has 0 amide bonds. The van der Waals surface area contributed by atoms with Gasteiger partial charge < -0.3 is 4.98 Å². The Morgan fingerprint density at radius 1 is 1.29 bits per heavy atom. The number of H-pyrrole nitrogens is 1. The van der Waals surface area contributed by atoms with Gasteiger partial charge in [0.2, 0.25) is 0 Å². The third kappa shape index (κ3) is 3.13. The van der Waals surface area contributed by atoms with Crippen LogP contribution in [0.5, 0.6) is 0 Å². The van der Waals surface area contributed by atoms with Crippen LogP contribution in [0.2, 0.25) is 0 Å². The first-order valence-corrected chi connectivity index (χ1v) is 9.19. The molecule has 3 heterocycles. The molecule has 130 valence electrons. The SMILES string of the molecule is CC(C)(C)c1ccc(=O)n(CC2CN(S(=O)(=O)c3cnc[nH]3)C2)n1. The van der Waals surface area contributed by atoms with E-state index in [1.807, 2.05) is 20.8 Å². The van der Waals surface area contributed by atoms with Crippen molar-refractivity contribution < 1.29 is 8.42 Å². The van der Waals surface area contributed by atoms with Crippen molar-refractivity contribution in [2.75, 3.05) is 13.1 Å². The second kappa shape index (κ2) is 5.82. The Bertz CT molecular complexity index is 875. The molecule has 2 aromatic rings. The topological polar surface area (TPSA) is 101 Å². The van der Waals surface area contributed by atoms with Gasteiger partial charge in [0, 0.05) is 30.5 Å². The zero-order valence-electron chi connectivity index (χ0n) is 13.9. The summed E-state index contributed by atoms with van der Waals surface area (Å²) in [5.74, 6) is 0.0723. The Morgan fingerprint density at radius 2 is 2.00 bits per heavy atom. The summed E-state index contributed by atoms with van der Waals surface area (Å²) in [6.45, 7) is 7.26. The number of nitrogens with one attached hydrogen (secondary N) is 1. The van der Waals surface area contributed by atoms with Gasteiger partial charge in [0.15, 0.2) is 5.03 Å². The minimum absolute atomic E-state index is 0.0723. The highest BCUT2D eigenvalue weighted by molar-refractivity contribution is 7.89. The summed E-state index contributed by atoms with van der Waals surface area (Å²) in [5, 5.41) is 4.51. The maximum Gasteiger partial charge on any atom is 0.266 e. The number of imidazole rings is 1. The smallest absolute Gasteiger partial charge is 0.266 e. The number of aromatic amines is 1. The van der Waals surface area contributed by atoms with Crippen LogP contribution in [-0.4, -0.2) is 45.6 Å². The van der Waals surface area contributed by atoms with Crippen molar-refractivity contribution in [1.82, 2.24) is 24.1 Å². The summed E-state index contributed by atoms with van der Waals surface area (Å²) in [6.07, 6.45) is 2.63. The zero-order chi connectivity index (χ0) is 17.5. The van der Waals surface area contributed by atoms with E-state index in [2.05, 4.69) is 15.1 Å². The highest BCUT2D eigenvalue weighted by Gasteiger charge is 2.37. The highest BCUT2D eigenvalue weighted by atomic mass is 32.2. The van der Waals surface area contributed by atoms with Crippen molar-refractivity contribution in [1.29, 1.82) is 0 Å². The lowest BCUT2D eigenvalue weighted by atomic mass is 9.92. The molecule has 0 aromatic carbocycles. The molecule has 1 saturated heterocycles. The number of rotatable bonds is 4. The summed E-state index contributed by atoms with van der Waals surface area (Å²) in [4.78, 5) is 18.4. The van der Waals surface area contributed by atoms with Gasteiger partial charge in [-0.15, -0.1) is 0 Å². The van der Waals surface area contributed by atoms with Gasteiger partial charge in [0.1, 0.15) is 0 Å². The molecular formula is C15H21N5O3S. The van der Waals surface area contributed by atoms with Gasteiger partial charge in [-0.25, -0.2) is 18.1 Å². The first-order chi connectivity index (χ1) is 11.2. The van der Waals surface area contributed by atoms with Crippen molar-refractivity contribution in [2.45, 2.75) is 37.8 Å². The van der Waals surface area contributed by atoms with Crippen LogP contribution < -0.4 is 5.56 Å². The maximum atomic E-state index is 12.3. The minimum Gasteiger partial charge on any atom is -0.335 e. The highest BCUT2D eigenvalue weighted by Crippen LogP contribution is 2.25. The normalized spacial score (nSPS) is 17.0. The van der Waals surface area contributed by atoms with Gasteiger partial charge in [-0.2, -0.15) is 9.40 Å². The van der Waals surface area contributed by atoms with E-state index in [-0.39, 0.29) is 21.9 Å². The lowest BCUT2D eigenvalue weighted by Crippen LogP contribution is -2.52. The summed E-state index contributed by atoms with van der Waals surface area (Å²) < 4.78 is 27.4. The first-order valence-electron chi connectivity index (χ1n) is 7.75. The molecule has 1 aliphatic rings. The molecule has 0 bridgehead atoms. The summed E-state index contributed by atoms with van der Waals surface area (Å²) in [7, 11) is -3.52. The third-order valence-electron chi connectivity index (χ3n) is 4.08. The third-order valence-corrected chi connectivity index (χ3v) is 5.84. The van der Waals surface area contributed by atoms with Gasteiger partial charge in [-0.05, 0) is 6.07 Å². The van der Waals surface area contributed by atoms with E-state index in [1.54, 1.807) is 6.07 Å². The molecule has 1 N–H and O–H groups in total. The summed E-state index contributed by atoms with van der Waals surface area (Å²) in [5.41, 5.74) is 0.520. The van der Waals surface area contributed by atoms with Crippen LogP contribution in [0.15, 0.2) is 34.5 Å². The predicted octanol–water partition coefficient (Wildman–Crippen LogP) is 0.585. The molecule has 0 spiro atoms. The van der Waals surface area contributed by atoms with Crippen molar-refractivity contribution in [2.24, 2.45) is 5.92 Å². The van der Waals surface area contributed by atoms with Crippen LogP contribution in [0.1, 0.15) is 26.5 Å². The molecule has 24 heavy (non-hydrogen) atoms. The van der Waals surface area contributed by atoms with E-state index in [0.29, 0.717) is 19.6 Å². The molecule has 0 unspecified atom stereocenters. The number of aromatic nitrogens is 4. The monoisotopic (exact) mass is 351 g/mol. The molecule has 9 heteroatoms. The lowest BCUT2D eigenvalue weighted by molar-refractivity contribution is 0.171. The van der Waals surface area contributed by atoms with E-state index in [1.165, 1.54) is 27.6 Å². The maximum absolute atomic E-state index is 12.3. The molecular weight excluding hydrogens is 330 g/mol. The second-order valence-corrected chi connectivity index (χ2v) is 9.00. The number of hydrogen-bond acceptors (Lipinski definition) is 5. The number of sulfonamides is 1. The van der Waals surface area contributed by atoms with E-state index in [4.69, 9.17) is 0 Å². The number of nitrogens with zero attached hydrogens (tertiary/aromatic N) is 4. The van der Waals surface area contributed by atoms with Gasteiger partial charge in [-0.1, -0.05) is 20.8 Å². The van der Waals surface area contributed by atoms with E-state index in [0.717, 1.165) is 5.69 Å². The fraction of sp³-hybridized carbons (Fsp3) is 0.533. The van der Waals surface area contributed by atoms with E-state index >= 15 is 0 Å². The predicted molar refractivity (Wildman–Crippen MR) is 88.0 cm³/mol. The molecule has 0 saturated carbocycles. The molecule has 1 aliphatic heterocycles. The molecule has 1 fully saturated rings. The second-order valence-electron chi connectivity index (χ2n) is 7.09. The Labute approximate surface area is 140 Å². The van der Waals surface area contributed by atoms with Crippen LogP contribution >= 0.6 is 0 Å². The molecule has 2 aromatic heterocycles. The minimum atomic E-state index is -3.52. The largest absolute Gasteiger partial charge is 0.335 e. The molecule has 0 atom stereocenters. The van der Waals surface area contributed by atoms with E-state index < -0.39 is 10.0 Å². The summed E-state index contributed by atoms with van der Waals surface area (Å²) in [6, 6.07) is 3.26. The van der Waals surface area contributed by atoms with Crippen molar-refractivity contribution in [3.63, 3.8) is 0 Å². The van der Waals surface area contributed by atoms with Gasteiger partial charge in [-0.3, -0.25) is 4.79 Å². The lowest BCUT2D eigenvalue weighted by Gasteiger charge is -2.37. The van der Waals surface area contributed by atoms with Crippen molar-refractivity contribution >= 4 is 10.0 Å². The quantitative estimate of drug-likeness (QED) is 0.868. The van der Waals surface area contributed by atoms with Gasteiger partial charge in [0.05, 0.1) is 24.8 Å². The van der Waals surface area contributed by atoms with Crippen molar-refractivity contribution in [3.05, 3.63) is 40.7 Å². The van der Waals surface area contributed by atoms with Crippen LogP contribution in [0.3, 0.4) is 0 Å². The van der Waals surface area contributed by atoms with Crippen LogP contribution in [0.4, 0.5) is 0 Å². The standard InChI is InChI=1S/C15H21N5O3S/c1-15(2,3)12-4-5-14(21)20(18-12)9-11-7-19(8-11)24(22,23)13-6-16-10-17-13/h4-6,10-11H,7-9H2,1-3H3,(H,16,17). The molecule has 0 radical (unpaired) electrons. The van der Waals surface area contributed by atoms with E-state index in [9.17, 15) is 13.2 Å². The molecule has 3 rings (SSSR count). The summed E-state index contributed by atoms with van der Waals surface area (Å²) >= 11 is 0. The van der Waals surface area contributed by atoms with Crippen LogP contribution in [0, 0.1) is 5.92 Å². The average Bonchev–Trinajstić information content (AvgIpc) is 2.97. The Kier molecular flexibility index (Phi) is 4.08. The Morgan fingerprint density at radius 3 is 2.58 bits per heavy atom. The Balaban J connectivity index is 1.69. The average molecular weight is 351 g/mol.